The van der Waals surface area contributed by atoms with Crippen LogP contribution in [-0.2, 0) is 9.59 Å². The van der Waals surface area contributed by atoms with E-state index in [1.54, 1.807) is 6.29 Å². The van der Waals surface area contributed by atoms with Gasteiger partial charge in [0.1, 0.15) is 5.41 Å². The largest absolute Gasteiger partial charge is 0.298 e. The van der Waals surface area contributed by atoms with Crippen molar-refractivity contribution in [3.63, 3.8) is 0 Å². The number of ketones is 1. The van der Waals surface area contributed by atoms with Crippen LogP contribution >= 0.6 is 0 Å². The quantitative estimate of drug-likeness (QED) is 0.444. The molecule has 0 atom stereocenters. The number of Topliss-reactive ketones (excluding diaryl/α,β-unsaturated/α-hetero) is 1. The van der Waals surface area contributed by atoms with Gasteiger partial charge in [0.05, 0.1) is 0 Å². The Kier molecular flexibility index (Phi) is 4.19. The molecule has 2 nitrogen and oxygen atoms in total. The van der Waals surface area contributed by atoms with Gasteiger partial charge in [0, 0.05) is 6.42 Å². The first kappa shape index (κ1) is 10.8. The predicted molar refractivity (Wildman–Crippen MR) is 48.4 cm³/mol. The van der Waals surface area contributed by atoms with Gasteiger partial charge in [0.15, 0.2) is 5.78 Å². The van der Waals surface area contributed by atoms with Crippen molar-refractivity contribution in [2.45, 2.75) is 19.8 Å². The van der Waals surface area contributed by atoms with Crippen LogP contribution in [0.4, 0.5) is 0 Å². The van der Waals surface area contributed by atoms with Gasteiger partial charge in [-0.05, 0) is 6.42 Å². The topological polar surface area (TPSA) is 34.1 Å². The maximum atomic E-state index is 11.4. The number of hydrogen-bond acceptors (Lipinski definition) is 2. The molecule has 1 radical (unpaired) electrons. The van der Waals surface area contributed by atoms with Gasteiger partial charge in [-0.2, -0.15) is 0 Å². The smallest absolute Gasteiger partial charge is 0.221 e. The summed E-state index contributed by atoms with van der Waals surface area (Å²) in [6, 6.07) is 0. The van der Waals surface area contributed by atoms with Crippen LogP contribution in [0.15, 0.2) is 25.3 Å². The summed E-state index contributed by atoms with van der Waals surface area (Å²) in [6.45, 7) is 8.72. The van der Waals surface area contributed by atoms with Gasteiger partial charge >= 0.3 is 0 Å². The Hall–Kier alpha value is -1.18. The van der Waals surface area contributed by atoms with E-state index in [-0.39, 0.29) is 5.78 Å². The van der Waals surface area contributed by atoms with E-state index in [2.05, 4.69) is 13.2 Å². The zero-order valence-electron chi connectivity index (χ0n) is 7.30. The number of allylic oxidation sites excluding steroid dienone is 2. The van der Waals surface area contributed by atoms with Crippen LogP contribution in [0.2, 0.25) is 0 Å². The fraction of sp³-hybridized carbons (Fsp3) is 0.400. The third-order valence-electron chi connectivity index (χ3n) is 1.75. The molecule has 0 aromatic heterocycles. The highest BCUT2D eigenvalue weighted by Gasteiger charge is 2.31. The Morgan fingerprint density at radius 3 is 2.25 bits per heavy atom. The van der Waals surface area contributed by atoms with Gasteiger partial charge in [-0.3, -0.25) is 9.59 Å². The van der Waals surface area contributed by atoms with Crippen molar-refractivity contribution < 1.29 is 9.59 Å². The van der Waals surface area contributed by atoms with E-state index in [9.17, 15) is 9.59 Å². The second-order valence-corrected chi connectivity index (χ2v) is 2.55. The molecule has 0 aliphatic carbocycles. The SMILES string of the molecule is C=CC([C]=O)(C=C)C(=O)CCC. The Morgan fingerprint density at radius 2 is 2.00 bits per heavy atom. The summed E-state index contributed by atoms with van der Waals surface area (Å²) in [4.78, 5) is 21.9. The standard InChI is InChI=1S/C10H13O2/c1-4-7-9(12)10(5-2,6-3)8-11/h5-6H,2-4,7H2,1H3. The van der Waals surface area contributed by atoms with Gasteiger partial charge < -0.3 is 0 Å². The van der Waals surface area contributed by atoms with E-state index in [4.69, 9.17) is 0 Å². The molecule has 0 aromatic rings. The van der Waals surface area contributed by atoms with Gasteiger partial charge in [0.25, 0.3) is 0 Å². The molecular formula is C10H13O2. The van der Waals surface area contributed by atoms with Crippen molar-refractivity contribution in [2.75, 3.05) is 0 Å². The summed E-state index contributed by atoms with van der Waals surface area (Å²) < 4.78 is 0. The Morgan fingerprint density at radius 1 is 1.50 bits per heavy atom. The molecule has 65 valence electrons. The molecule has 12 heavy (non-hydrogen) atoms. The number of rotatable bonds is 6. The summed E-state index contributed by atoms with van der Waals surface area (Å²) in [5, 5.41) is 0. The third-order valence-corrected chi connectivity index (χ3v) is 1.75. The molecule has 0 saturated heterocycles. The fourth-order valence-electron chi connectivity index (χ4n) is 0.885. The Bertz CT molecular complexity index is 182. The maximum Gasteiger partial charge on any atom is 0.221 e. The van der Waals surface area contributed by atoms with Crippen LogP contribution in [-0.4, -0.2) is 12.1 Å². The molecule has 0 N–H and O–H groups in total. The molecule has 0 bridgehead atoms. The van der Waals surface area contributed by atoms with Crippen molar-refractivity contribution in [2.24, 2.45) is 5.41 Å². The highest BCUT2D eigenvalue weighted by molar-refractivity contribution is 6.02. The second kappa shape index (κ2) is 4.65. The maximum absolute atomic E-state index is 11.4. The summed E-state index contributed by atoms with van der Waals surface area (Å²) in [6.07, 6.45) is 5.30. The van der Waals surface area contributed by atoms with E-state index in [0.29, 0.717) is 12.8 Å². The molecule has 0 amide bonds. The average Bonchev–Trinajstić information content (AvgIpc) is 2.09. The first-order valence-corrected chi connectivity index (χ1v) is 3.86. The van der Waals surface area contributed by atoms with Crippen LogP contribution < -0.4 is 0 Å². The predicted octanol–water partition coefficient (Wildman–Crippen LogP) is 1.82. The highest BCUT2D eigenvalue weighted by atomic mass is 16.1. The van der Waals surface area contributed by atoms with Crippen molar-refractivity contribution in [3.8, 4) is 0 Å². The van der Waals surface area contributed by atoms with E-state index in [0.717, 1.165) is 0 Å². The van der Waals surface area contributed by atoms with Crippen LogP contribution in [0.3, 0.4) is 0 Å². The lowest BCUT2D eigenvalue weighted by atomic mass is 9.83. The summed E-state index contributed by atoms with van der Waals surface area (Å²) in [5.41, 5.74) is -1.28. The highest BCUT2D eigenvalue weighted by Crippen LogP contribution is 2.20. The molecule has 0 aliphatic heterocycles. The van der Waals surface area contributed by atoms with E-state index < -0.39 is 5.41 Å². The van der Waals surface area contributed by atoms with Gasteiger partial charge in [-0.15, -0.1) is 13.2 Å². The van der Waals surface area contributed by atoms with Gasteiger partial charge in [0.2, 0.25) is 6.29 Å². The Labute approximate surface area is 73.0 Å². The molecule has 0 heterocycles. The fourth-order valence-corrected chi connectivity index (χ4v) is 0.885. The summed E-state index contributed by atoms with van der Waals surface area (Å²) in [7, 11) is 0. The molecule has 2 heteroatoms. The van der Waals surface area contributed by atoms with Crippen molar-refractivity contribution in [3.05, 3.63) is 25.3 Å². The molecule has 0 fully saturated rings. The van der Waals surface area contributed by atoms with E-state index in [1.165, 1.54) is 12.2 Å². The van der Waals surface area contributed by atoms with Crippen molar-refractivity contribution in [1.29, 1.82) is 0 Å². The van der Waals surface area contributed by atoms with E-state index in [1.807, 2.05) is 6.92 Å². The number of hydrogen-bond donors (Lipinski definition) is 0. The lowest BCUT2D eigenvalue weighted by molar-refractivity contribution is -0.122. The summed E-state index contributed by atoms with van der Waals surface area (Å²) in [5.74, 6) is -0.190. The minimum Gasteiger partial charge on any atom is -0.298 e. The lowest BCUT2D eigenvalue weighted by Crippen LogP contribution is -2.27. The van der Waals surface area contributed by atoms with Crippen molar-refractivity contribution in [1.82, 2.24) is 0 Å². The van der Waals surface area contributed by atoms with Crippen LogP contribution in [0.1, 0.15) is 19.8 Å². The molecule has 0 unspecified atom stereocenters. The molecular weight excluding hydrogens is 152 g/mol. The first-order valence-electron chi connectivity index (χ1n) is 3.86. The van der Waals surface area contributed by atoms with Gasteiger partial charge in [-0.25, -0.2) is 0 Å². The number of carbonyl (C=O) groups excluding carboxylic acids is 2. The third kappa shape index (κ3) is 1.91. The lowest BCUT2D eigenvalue weighted by Gasteiger charge is -2.15. The van der Waals surface area contributed by atoms with Crippen LogP contribution in [0.5, 0.6) is 0 Å². The normalized spacial score (nSPS) is 10.4. The monoisotopic (exact) mass is 165 g/mol. The Balaban J connectivity index is 4.70. The van der Waals surface area contributed by atoms with Crippen LogP contribution in [0.25, 0.3) is 0 Å². The first-order chi connectivity index (χ1) is 5.66. The molecule has 0 rings (SSSR count). The minimum absolute atomic E-state index is 0.190. The average molecular weight is 165 g/mol. The van der Waals surface area contributed by atoms with Crippen LogP contribution in [0, 0.1) is 5.41 Å². The molecule has 0 aliphatic rings. The number of carbonyl (C=O) groups is 1. The zero-order valence-corrected chi connectivity index (χ0v) is 7.30. The molecule has 0 spiro atoms. The minimum atomic E-state index is -1.28. The zero-order chi connectivity index (χ0) is 9.61. The molecule has 0 saturated carbocycles. The second-order valence-electron chi connectivity index (χ2n) is 2.55. The van der Waals surface area contributed by atoms with E-state index >= 15 is 0 Å². The van der Waals surface area contributed by atoms with Gasteiger partial charge in [-0.1, -0.05) is 19.1 Å². The molecule has 0 aromatic carbocycles. The summed E-state index contributed by atoms with van der Waals surface area (Å²) >= 11 is 0. The van der Waals surface area contributed by atoms with Crippen molar-refractivity contribution >= 4 is 12.1 Å².